The Morgan fingerprint density at radius 3 is 2.36 bits per heavy atom. The van der Waals surface area contributed by atoms with Crippen LogP contribution in [0.25, 0.3) is 0 Å². The number of nitrogens with zero attached hydrogens (tertiary/aromatic N) is 4. The van der Waals surface area contributed by atoms with Crippen molar-refractivity contribution in [1.82, 2.24) is 14.8 Å². The zero-order valence-corrected chi connectivity index (χ0v) is 13.3. The lowest BCUT2D eigenvalue weighted by molar-refractivity contribution is -0.137. The molecule has 25 heavy (non-hydrogen) atoms. The molecule has 2 fully saturated rings. The van der Waals surface area contributed by atoms with Crippen LogP contribution < -0.4 is 4.90 Å². The van der Waals surface area contributed by atoms with E-state index < -0.39 is 11.7 Å². The van der Waals surface area contributed by atoms with Crippen molar-refractivity contribution < 1.29 is 22.6 Å². The van der Waals surface area contributed by atoms with E-state index in [1.54, 1.807) is 15.8 Å². The number of ether oxygens (including phenoxy) is 2. The Bertz CT molecular complexity index is 706. The Labute approximate surface area is 142 Å². The van der Waals surface area contributed by atoms with Gasteiger partial charge in [-0.3, -0.25) is 4.68 Å². The van der Waals surface area contributed by atoms with Crippen molar-refractivity contribution in [1.29, 1.82) is 0 Å². The summed E-state index contributed by atoms with van der Waals surface area (Å²) in [4.78, 5) is 5.53. The van der Waals surface area contributed by atoms with Crippen LogP contribution in [0.2, 0.25) is 0 Å². The minimum absolute atomic E-state index is 0.0327. The Morgan fingerprint density at radius 2 is 1.76 bits per heavy atom. The van der Waals surface area contributed by atoms with Crippen molar-refractivity contribution in [2.75, 3.05) is 31.2 Å². The van der Waals surface area contributed by atoms with Crippen molar-refractivity contribution in [3.8, 4) is 0 Å². The van der Waals surface area contributed by atoms with Gasteiger partial charge >= 0.3 is 6.18 Å². The van der Waals surface area contributed by atoms with E-state index in [9.17, 15) is 13.2 Å². The van der Waals surface area contributed by atoms with Crippen LogP contribution in [-0.2, 0) is 15.7 Å². The van der Waals surface area contributed by atoms with Gasteiger partial charge < -0.3 is 14.4 Å². The van der Waals surface area contributed by atoms with Gasteiger partial charge in [0.15, 0.2) is 0 Å². The Hall–Kier alpha value is -2.13. The Morgan fingerprint density at radius 1 is 1.04 bits per heavy atom. The van der Waals surface area contributed by atoms with Gasteiger partial charge in [-0.15, -0.1) is 0 Å². The van der Waals surface area contributed by atoms with Crippen molar-refractivity contribution in [3.05, 3.63) is 42.4 Å². The van der Waals surface area contributed by atoms with Gasteiger partial charge in [-0.25, -0.2) is 4.98 Å². The molecule has 2 aliphatic heterocycles. The van der Waals surface area contributed by atoms with Crippen molar-refractivity contribution in [2.45, 2.75) is 24.4 Å². The predicted molar refractivity (Wildman–Crippen MR) is 82.2 cm³/mol. The van der Waals surface area contributed by atoms with E-state index in [0.29, 0.717) is 26.3 Å². The van der Waals surface area contributed by atoms with Crippen LogP contribution in [0.15, 0.2) is 36.8 Å². The van der Waals surface area contributed by atoms with Gasteiger partial charge in [0.1, 0.15) is 18.0 Å². The molecule has 0 aromatic carbocycles. The molecule has 2 aliphatic rings. The van der Waals surface area contributed by atoms with Crippen LogP contribution in [-0.4, -0.2) is 53.3 Å². The van der Waals surface area contributed by atoms with Crippen molar-refractivity contribution in [2.24, 2.45) is 0 Å². The number of aromatic nitrogens is 3. The molecule has 2 atom stereocenters. The Kier molecular flexibility index (Phi) is 4.12. The molecule has 0 saturated carbocycles. The van der Waals surface area contributed by atoms with Crippen LogP contribution in [0.1, 0.15) is 11.6 Å². The van der Waals surface area contributed by atoms with E-state index in [1.165, 1.54) is 12.3 Å². The summed E-state index contributed by atoms with van der Waals surface area (Å²) in [6, 6.07) is 4.14. The zero-order valence-electron chi connectivity index (χ0n) is 13.3. The van der Waals surface area contributed by atoms with E-state index in [4.69, 9.17) is 9.47 Å². The zero-order chi connectivity index (χ0) is 17.4. The summed E-state index contributed by atoms with van der Waals surface area (Å²) in [5, 5.41) is 4.19. The SMILES string of the molecule is FC(F)(F)c1cccnc1N1C[C@@H]2OCC(n3cccn3)CO[C@H]2C1. The number of halogens is 3. The van der Waals surface area contributed by atoms with E-state index in [0.717, 1.165) is 6.07 Å². The number of hydrogen-bond donors (Lipinski definition) is 0. The van der Waals surface area contributed by atoms with Gasteiger partial charge in [-0.05, 0) is 18.2 Å². The van der Waals surface area contributed by atoms with Gasteiger partial charge in [-0.2, -0.15) is 18.3 Å². The number of hydrogen-bond acceptors (Lipinski definition) is 5. The van der Waals surface area contributed by atoms with E-state index in [2.05, 4.69) is 10.1 Å². The lowest BCUT2D eigenvalue weighted by Crippen LogP contribution is -2.28. The molecule has 2 aromatic rings. The van der Waals surface area contributed by atoms with Gasteiger partial charge in [-0.1, -0.05) is 0 Å². The molecule has 0 bridgehead atoms. The quantitative estimate of drug-likeness (QED) is 0.827. The largest absolute Gasteiger partial charge is 0.419 e. The van der Waals surface area contributed by atoms with Crippen molar-refractivity contribution >= 4 is 5.82 Å². The maximum Gasteiger partial charge on any atom is 0.419 e. The normalized spacial score (nSPS) is 25.0. The molecule has 0 aliphatic carbocycles. The topological polar surface area (TPSA) is 52.4 Å². The number of fused-ring (bicyclic) bond motifs is 1. The van der Waals surface area contributed by atoms with Gasteiger partial charge in [0, 0.05) is 31.7 Å². The number of anilines is 1. The molecule has 0 amide bonds. The summed E-state index contributed by atoms with van der Waals surface area (Å²) < 4.78 is 53.2. The number of alkyl halides is 3. The molecular weight excluding hydrogens is 337 g/mol. The first-order valence-electron chi connectivity index (χ1n) is 8.02. The van der Waals surface area contributed by atoms with E-state index in [1.807, 2.05) is 12.3 Å². The van der Waals surface area contributed by atoms with Crippen LogP contribution in [0, 0.1) is 0 Å². The molecule has 4 heterocycles. The summed E-state index contributed by atoms with van der Waals surface area (Å²) in [7, 11) is 0. The standard InChI is InChI=1S/C16H17F3N4O2/c17-16(18,19)12-3-1-4-20-15(12)22-7-13-14(8-22)25-10-11(9-24-13)23-6-2-5-21-23/h1-6,11,13-14H,7-10H2/t13-,14-/m0/s1. The summed E-state index contributed by atoms with van der Waals surface area (Å²) in [6.07, 6.45) is -0.121. The van der Waals surface area contributed by atoms with Gasteiger partial charge in [0.05, 0.1) is 24.8 Å². The number of pyridine rings is 1. The molecule has 0 radical (unpaired) electrons. The first-order chi connectivity index (χ1) is 12.0. The number of rotatable bonds is 2. The first-order valence-corrected chi connectivity index (χ1v) is 8.02. The second-order valence-electron chi connectivity index (χ2n) is 6.16. The van der Waals surface area contributed by atoms with Crippen LogP contribution in [0.5, 0.6) is 0 Å². The third-order valence-corrected chi connectivity index (χ3v) is 4.51. The fourth-order valence-electron chi connectivity index (χ4n) is 3.27. The molecular formula is C16H17F3N4O2. The van der Waals surface area contributed by atoms with Gasteiger partial charge in [0.2, 0.25) is 0 Å². The molecule has 6 nitrogen and oxygen atoms in total. The fraction of sp³-hybridized carbons (Fsp3) is 0.500. The maximum atomic E-state index is 13.2. The molecule has 0 unspecified atom stereocenters. The predicted octanol–water partition coefficient (Wildman–Crippen LogP) is 2.14. The second kappa shape index (κ2) is 6.30. The third kappa shape index (κ3) is 3.21. The molecule has 4 rings (SSSR count). The smallest absolute Gasteiger partial charge is 0.371 e. The lowest BCUT2D eigenvalue weighted by atomic mass is 10.2. The minimum Gasteiger partial charge on any atom is -0.371 e. The lowest BCUT2D eigenvalue weighted by Gasteiger charge is -2.22. The Balaban J connectivity index is 1.49. The molecule has 2 aromatic heterocycles. The van der Waals surface area contributed by atoms with Crippen molar-refractivity contribution in [3.63, 3.8) is 0 Å². The molecule has 2 saturated heterocycles. The van der Waals surface area contributed by atoms with Crippen LogP contribution >= 0.6 is 0 Å². The summed E-state index contributed by atoms with van der Waals surface area (Å²) in [5.41, 5.74) is -0.735. The third-order valence-electron chi connectivity index (χ3n) is 4.51. The van der Waals surface area contributed by atoms with E-state index in [-0.39, 0.29) is 24.1 Å². The fourth-order valence-corrected chi connectivity index (χ4v) is 3.27. The highest BCUT2D eigenvalue weighted by Crippen LogP contribution is 2.37. The summed E-state index contributed by atoms with van der Waals surface area (Å²) in [6.45, 7) is 1.45. The van der Waals surface area contributed by atoms with Crippen LogP contribution in [0.4, 0.5) is 19.0 Å². The molecule has 0 N–H and O–H groups in total. The van der Waals surface area contributed by atoms with Crippen LogP contribution in [0.3, 0.4) is 0 Å². The molecule has 134 valence electrons. The highest BCUT2D eigenvalue weighted by Gasteiger charge is 2.42. The van der Waals surface area contributed by atoms with E-state index >= 15 is 0 Å². The summed E-state index contributed by atoms with van der Waals surface area (Å²) >= 11 is 0. The average molecular weight is 354 g/mol. The molecule has 0 spiro atoms. The summed E-state index contributed by atoms with van der Waals surface area (Å²) in [5.74, 6) is -0.0705. The minimum atomic E-state index is -4.44. The second-order valence-corrected chi connectivity index (χ2v) is 6.16. The van der Waals surface area contributed by atoms with Gasteiger partial charge in [0.25, 0.3) is 0 Å². The average Bonchev–Trinajstić information content (AvgIpc) is 3.21. The molecule has 9 heteroatoms. The highest BCUT2D eigenvalue weighted by molar-refractivity contribution is 5.49. The monoisotopic (exact) mass is 354 g/mol. The highest BCUT2D eigenvalue weighted by atomic mass is 19.4. The maximum absolute atomic E-state index is 13.2. The first kappa shape index (κ1) is 16.3.